The van der Waals surface area contributed by atoms with Crippen molar-refractivity contribution in [3.63, 3.8) is 0 Å². The molecule has 1 unspecified atom stereocenters. The van der Waals surface area contributed by atoms with Crippen LogP contribution >= 0.6 is 0 Å². The maximum atomic E-state index is 12.9. The molecule has 1 aromatic heterocycles. The zero-order chi connectivity index (χ0) is 20.1. The number of para-hydroxylation sites is 1. The van der Waals surface area contributed by atoms with E-state index in [1.54, 1.807) is 6.07 Å². The van der Waals surface area contributed by atoms with Crippen LogP contribution in [0.4, 0.5) is 0 Å². The highest BCUT2D eigenvalue weighted by Crippen LogP contribution is 2.26. The topological polar surface area (TPSA) is 94.2 Å². The summed E-state index contributed by atoms with van der Waals surface area (Å²) in [5.41, 5.74) is 2.52. The summed E-state index contributed by atoms with van der Waals surface area (Å²) in [7, 11) is 0. The Hall–Kier alpha value is -2.86. The lowest BCUT2D eigenvalue weighted by Crippen LogP contribution is -2.50. The quantitative estimate of drug-likeness (QED) is 0.452. The summed E-state index contributed by atoms with van der Waals surface area (Å²) in [6.07, 6.45) is 1.25. The third-order valence-electron chi connectivity index (χ3n) is 5.18. The molecular weight excluding hydrogens is 354 g/mol. The zero-order valence-corrected chi connectivity index (χ0v) is 16.3. The minimum absolute atomic E-state index is 0.00473. The van der Waals surface area contributed by atoms with Crippen molar-refractivity contribution in [3.8, 4) is 0 Å². The van der Waals surface area contributed by atoms with Gasteiger partial charge in [0.05, 0.1) is 0 Å². The molecule has 0 radical (unpaired) electrons. The van der Waals surface area contributed by atoms with Crippen LogP contribution in [0.3, 0.4) is 0 Å². The molecule has 3 aromatic rings. The van der Waals surface area contributed by atoms with E-state index in [-0.39, 0.29) is 24.3 Å². The third kappa shape index (κ3) is 4.17. The predicted molar refractivity (Wildman–Crippen MR) is 111 cm³/mol. The number of H-pyrrole nitrogens is 1. The van der Waals surface area contributed by atoms with Gasteiger partial charge in [0.25, 0.3) is 5.91 Å². The Morgan fingerprint density at radius 1 is 1.11 bits per heavy atom. The van der Waals surface area contributed by atoms with E-state index in [2.05, 4.69) is 15.6 Å². The Kier molecular flexibility index (Phi) is 6.31. The van der Waals surface area contributed by atoms with Crippen LogP contribution in [0.25, 0.3) is 21.8 Å². The van der Waals surface area contributed by atoms with Crippen molar-refractivity contribution in [2.45, 2.75) is 32.7 Å². The van der Waals surface area contributed by atoms with Crippen LogP contribution in [-0.4, -0.2) is 41.1 Å². The minimum Gasteiger partial charge on any atom is -0.396 e. The van der Waals surface area contributed by atoms with Crippen LogP contribution < -0.4 is 10.6 Å². The molecule has 0 aliphatic rings. The fourth-order valence-electron chi connectivity index (χ4n) is 3.32. The van der Waals surface area contributed by atoms with Gasteiger partial charge in [-0.3, -0.25) is 9.59 Å². The summed E-state index contributed by atoms with van der Waals surface area (Å²) < 4.78 is 0. The van der Waals surface area contributed by atoms with Gasteiger partial charge >= 0.3 is 0 Å². The summed E-state index contributed by atoms with van der Waals surface area (Å²) in [6.45, 7) is 4.34. The molecule has 0 aliphatic heterocycles. The van der Waals surface area contributed by atoms with Crippen LogP contribution in [-0.2, 0) is 4.79 Å². The van der Waals surface area contributed by atoms with Gasteiger partial charge < -0.3 is 20.7 Å². The molecule has 148 valence electrons. The van der Waals surface area contributed by atoms with Crippen molar-refractivity contribution in [3.05, 3.63) is 48.0 Å². The van der Waals surface area contributed by atoms with Gasteiger partial charge in [-0.15, -0.1) is 0 Å². The number of aromatic amines is 1. The Bertz CT molecular complexity index is 979. The molecule has 0 saturated carbocycles. The van der Waals surface area contributed by atoms with Crippen LogP contribution in [0.15, 0.2) is 42.5 Å². The Morgan fingerprint density at radius 3 is 2.61 bits per heavy atom. The van der Waals surface area contributed by atoms with Crippen LogP contribution in [0, 0.1) is 5.92 Å². The number of aliphatic hydroxyl groups excluding tert-OH is 1. The van der Waals surface area contributed by atoms with Gasteiger partial charge in [0.15, 0.2) is 0 Å². The first-order valence-corrected chi connectivity index (χ1v) is 9.75. The second-order valence-corrected chi connectivity index (χ2v) is 7.14. The van der Waals surface area contributed by atoms with Gasteiger partial charge in [0.1, 0.15) is 6.04 Å². The highest BCUT2D eigenvalue weighted by molar-refractivity contribution is 6.10. The van der Waals surface area contributed by atoms with E-state index in [9.17, 15) is 9.59 Å². The largest absolute Gasteiger partial charge is 0.396 e. The molecule has 0 fully saturated rings. The summed E-state index contributed by atoms with van der Waals surface area (Å²) in [5.74, 6) is -0.492. The molecular formula is C22H27N3O3. The molecule has 0 aliphatic carbocycles. The number of aliphatic hydroxyl groups is 1. The van der Waals surface area contributed by atoms with E-state index in [0.717, 1.165) is 28.2 Å². The van der Waals surface area contributed by atoms with Gasteiger partial charge in [0, 0.05) is 40.5 Å². The van der Waals surface area contributed by atoms with E-state index in [1.165, 1.54) is 0 Å². The lowest BCUT2D eigenvalue weighted by atomic mass is 9.97. The Labute approximate surface area is 164 Å². The van der Waals surface area contributed by atoms with E-state index in [4.69, 9.17) is 5.11 Å². The van der Waals surface area contributed by atoms with Crippen molar-refractivity contribution in [2.75, 3.05) is 13.2 Å². The maximum absolute atomic E-state index is 12.9. The number of hydrogen-bond donors (Lipinski definition) is 4. The molecule has 0 bridgehead atoms. The summed E-state index contributed by atoms with van der Waals surface area (Å²) in [4.78, 5) is 28.7. The van der Waals surface area contributed by atoms with E-state index >= 15 is 0 Å². The molecule has 6 nitrogen and oxygen atoms in total. The number of fused-ring (bicyclic) bond motifs is 3. The Balaban J connectivity index is 1.82. The van der Waals surface area contributed by atoms with Crippen molar-refractivity contribution in [1.82, 2.24) is 15.6 Å². The van der Waals surface area contributed by atoms with Gasteiger partial charge in [-0.25, -0.2) is 0 Å². The van der Waals surface area contributed by atoms with Crippen LogP contribution in [0.5, 0.6) is 0 Å². The first kappa shape index (κ1) is 19.9. The average molecular weight is 381 g/mol. The van der Waals surface area contributed by atoms with Gasteiger partial charge in [0.2, 0.25) is 5.91 Å². The number of carbonyl (C=O) groups is 2. The molecule has 2 amide bonds. The zero-order valence-electron chi connectivity index (χ0n) is 16.3. The minimum atomic E-state index is -0.616. The number of amides is 2. The molecule has 28 heavy (non-hydrogen) atoms. The van der Waals surface area contributed by atoms with Crippen molar-refractivity contribution in [2.24, 2.45) is 5.92 Å². The normalized spacial score (nSPS) is 13.4. The number of rotatable bonds is 8. The average Bonchev–Trinajstić information content (AvgIpc) is 3.09. The molecule has 0 spiro atoms. The molecule has 0 saturated heterocycles. The fourth-order valence-corrected chi connectivity index (χ4v) is 3.32. The first-order valence-electron chi connectivity index (χ1n) is 9.75. The second-order valence-electron chi connectivity index (χ2n) is 7.14. The van der Waals surface area contributed by atoms with Crippen LogP contribution in [0.1, 0.15) is 37.0 Å². The molecule has 1 heterocycles. The standard InChI is InChI=1S/C22H27N3O3/c1-3-14(2)20(22(28)23-11-6-12-26)25-21(27)15-9-10-19-17(13-15)16-7-4-5-8-18(16)24-19/h4-5,7-10,13-14,20,24,26H,3,6,11-12H2,1-2H3,(H,23,28)(H,25,27)/t14?,20-/m0/s1. The second kappa shape index (κ2) is 8.89. The van der Waals surface area contributed by atoms with Crippen molar-refractivity contribution < 1.29 is 14.7 Å². The van der Waals surface area contributed by atoms with Gasteiger partial charge in [-0.1, -0.05) is 38.5 Å². The molecule has 3 rings (SSSR count). The van der Waals surface area contributed by atoms with Gasteiger partial charge in [-0.05, 0) is 36.6 Å². The van der Waals surface area contributed by atoms with Crippen molar-refractivity contribution in [1.29, 1.82) is 0 Å². The van der Waals surface area contributed by atoms with E-state index < -0.39 is 6.04 Å². The molecule has 4 N–H and O–H groups in total. The number of benzene rings is 2. The maximum Gasteiger partial charge on any atom is 0.251 e. The lowest BCUT2D eigenvalue weighted by Gasteiger charge is -2.23. The molecule has 6 heteroatoms. The first-order chi connectivity index (χ1) is 13.5. The number of hydrogen-bond acceptors (Lipinski definition) is 3. The highest BCUT2D eigenvalue weighted by Gasteiger charge is 2.26. The number of nitrogens with one attached hydrogen (secondary N) is 3. The Morgan fingerprint density at radius 2 is 1.86 bits per heavy atom. The number of aromatic nitrogens is 1. The summed E-state index contributed by atoms with van der Waals surface area (Å²) >= 11 is 0. The summed E-state index contributed by atoms with van der Waals surface area (Å²) in [5, 5.41) is 16.6. The molecule has 2 atom stereocenters. The lowest BCUT2D eigenvalue weighted by molar-refractivity contribution is -0.124. The fraction of sp³-hybridized carbons (Fsp3) is 0.364. The SMILES string of the molecule is CCC(C)[C@H](NC(=O)c1ccc2[nH]c3ccccc3c2c1)C(=O)NCCCO. The van der Waals surface area contributed by atoms with Crippen LogP contribution in [0.2, 0.25) is 0 Å². The van der Waals surface area contributed by atoms with Crippen molar-refractivity contribution >= 4 is 33.6 Å². The molecule has 2 aromatic carbocycles. The predicted octanol–water partition coefficient (Wildman–Crippen LogP) is 2.96. The summed E-state index contributed by atoms with van der Waals surface area (Å²) in [6, 6.07) is 12.9. The smallest absolute Gasteiger partial charge is 0.251 e. The number of carbonyl (C=O) groups excluding carboxylic acids is 2. The third-order valence-corrected chi connectivity index (χ3v) is 5.18. The van der Waals surface area contributed by atoms with Gasteiger partial charge in [-0.2, -0.15) is 0 Å². The monoisotopic (exact) mass is 381 g/mol. The highest BCUT2D eigenvalue weighted by atomic mass is 16.3. The van der Waals surface area contributed by atoms with E-state index in [1.807, 2.05) is 50.2 Å². The van der Waals surface area contributed by atoms with E-state index in [0.29, 0.717) is 18.5 Å².